The lowest BCUT2D eigenvalue weighted by Crippen LogP contribution is -2.27. The summed E-state index contributed by atoms with van der Waals surface area (Å²) in [6.45, 7) is 0. The number of carboxylic acid groups (broad SMARTS) is 1. The van der Waals surface area contributed by atoms with Gasteiger partial charge in [-0.25, -0.2) is 4.79 Å². The molecular weight excluding hydrogens is 209 g/mol. The summed E-state index contributed by atoms with van der Waals surface area (Å²) in [5.41, 5.74) is 0. The van der Waals surface area contributed by atoms with Crippen LogP contribution in [0.2, 0.25) is 0 Å². The van der Waals surface area contributed by atoms with Crippen LogP contribution in [0.4, 0.5) is 13.2 Å². The van der Waals surface area contributed by atoms with E-state index in [0.717, 1.165) is 6.08 Å². The molecule has 1 saturated carbocycles. The second-order valence-electron chi connectivity index (χ2n) is 3.85. The van der Waals surface area contributed by atoms with Crippen LogP contribution in [0, 0.1) is 11.8 Å². The molecule has 1 rings (SSSR count). The number of carboxylic acids is 1. The molecule has 1 aliphatic rings. The van der Waals surface area contributed by atoms with Crippen molar-refractivity contribution in [1.29, 1.82) is 0 Å². The third kappa shape index (κ3) is 3.93. The van der Waals surface area contributed by atoms with E-state index in [1.807, 2.05) is 0 Å². The van der Waals surface area contributed by atoms with E-state index in [0.29, 0.717) is 12.8 Å². The molecule has 0 heterocycles. The molecule has 0 unspecified atom stereocenters. The zero-order valence-corrected chi connectivity index (χ0v) is 8.13. The summed E-state index contributed by atoms with van der Waals surface area (Å²) in [5, 5.41) is 8.36. The van der Waals surface area contributed by atoms with E-state index >= 15 is 0 Å². The third-order valence-electron chi connectivity index (χ3n) is 2.75. The van der Waals surface area contributed by atoms with E-state index in [4.69, 9.17) is 5.11 Å². The lowest BCUT2D eigenvalue weighted by atomic mass is 9.81. The van der Waals surface area contributed by atoms with Gasteiger partial charge < -0.3 is 5.11 Å². The Kier molecular flexibility index (Phi) is 3.77. The van der Waals surface area contributed by atoms with Crippen molar-refractivity contribution in [3.8, 4) is 0 Å². The molecule has 0 amide bonds. The molecule has 2 nitrogen and oxygen atoms in total. The van der Waals surface area contributed by atoms with Gasteiger partial charge in [0.25, 0.3) is 0 Å². The van der Waals surface area contributed by atoms with Gasteiger partial charge in [-0.3, -0.25) is 0 Å². The Hall–Kier alpha value is -1.00. The van der Waals surface area contributed by atoms with Gasteiger partial charge in [0.05, 0.1) is 5.92 Å². The first-order valence-corrected chi connectivity index (χ1v) is 4.87. The zero-order chi connectivity index (χ0) is 11.5. The molecule has 1 fully saturated rings. The Morgan fingerprint density at radius 3 is 2.13 bits per heavy atom. The van der Waals surface area contributed by atoms with Gasteiger partial charge in [-0.15, -0.1) is 0 Å². The van der Waals surface area contributed by atoms with Gasteiger partial charge in [0.2, 0.25) is 0 Å². The summed E-state index contributed by atoms with van der Waals surface area (Å²) in [4.78, 5) is 10.2. The van der Waals surface area contributed by atoms with Crippen molar-refractivity contribution in [2.45, 2.75) is 31.9 Å². The number of halogens is 3. The summed E-state index contributed by atoms with van der Waals surface area (Å²) < 4.78 is 36.8. The van der Waals surface area contributed by atoms with E-state index in [1.165, 1.54) is 6.08 Å². The van der Waals surface area contributed by atoms with Crippen molar-refractivity contribution >= 4 is 5.97 Å². The fourth-order valence-corrected chi connectivity index (χ4v) is 1.86. The molecule has 0 radical (unpaired) electrons. The Labute approximate surface area is 85.8 Å². The highest BCUT2D eigenvalue weighted by molar-refractivity contribution is 5.79. The Balaban J connectivity index is 2.39. The normalized spacial score (nSPS) is 28.2. The standard InChI is InChI=1S/C10H13F3O2/c11-10(12,13)8-4-1-7(2-5-8)3-6-9(14)15/h3,6-8H,1-2,4-5H2,(H,14,15)/b6-3+. The average Bonchev–Trinajstić information content (AvgIpc) is 2.14. The molecule has 0 aromatic heterocycles. The van der Waals surface area contributed by atoms with E-state index in [9.17, 15) is 18.0 Å². The minimum absolute atomic E-state index is 0.0142. The topological polar surface area (TPSA) is 37.3 Å². The van der Waals surface area contributed by atoms with Gasteiger partial charge in [-0.2, -0.15) is 13.2 Å². The van der Waals surface area contributed by atoms with Crippen molar-refractivity contribution in [1.82, 2.24) is 0 Å². The molecule has 0 atom stereocenters. The van der Waals surface area contributed by atoms with Crippen molar-refractivity contribution in [3.05, 3.63) is 12.2 Å². The van der Waals surface area contributed by atoms with Crippen LogP contribution in [0.15, 0.2) is 12.2 Å². The van der Waals surface area contributed by atoms with Crippen LogP contribution in [0.1, 0.15) is 25.7 Å². The maximum absolute atomic E-state index is 12.3. The molecule has 5 heteroatoms. The second-order valence-corrected chi connectivity index (χ2v) is 3.85. The molecule has 0 aromatic rings. The van der Waals surface area contributed by atoms with Gasteiger partial charge in [0.15, 0.2) is 0 Å². The summed E-state index contributed by atoms with van der Waals surface area (Å²) in [5.74, 6) is -2.26. The Bertz CT molecular complexity index is 250. The van der Waals surface area contributed by atoms with Crippen LogP contribution in [0.3, 0.4) is 0 Å². The van der Waals surface area contributed by atoms with Crippen LogP contribution in [-0.4, -0.2) is 17.3 Å². The van der Waals surface area contributed by atoms with E-state index in [-0.39, 0.29) is 18.8 Å². The second kappa shape index (κ2) is 4.68. The number of alkyl halides is 3. The van der Waals surface area contributed by atoms with E-state index in [1.54, 1.807) is 0 Å². The fourth-order valence-electron chi connectivity index (χ4n) is 1.86. The molecule has 1 aliphatic carbocycles. The van der Waals surface area contributed by atoms with E-state index < -0.39 is 18.1 Å². The van der Waals surface area contributed by atoms with Crippen LogP contribution in [0.25, 0.3) is 0 Å². The minimum atomic E-state index is -4.10. The maximum Gasteiger partial charge on any atom is 0.391 e. The first-order chi connectivity index (χ1) is 6.89. The number of allylic oxidation sites excluding steroid dienone is 1. The third-order valence-corrected chi connectivity index (χ3v) is 2.75. The van der Waals surface area contributed by atoms with Crippen molar-refractivity contribution in [3.63, 3.8) is 0 Å². The van der Waals surface area contributed by atoms with Crippen LogP contribution in [0.5, 0.6) is 0 Å². The summed E-state index contributed by atoms with van der Waals surface area (Å²) in [6.07, 6.45) is -0.521. The lowest BCUT2D eigenvalue weighted by molar-refractivity contribution is -0.183. The highest BCUT2D eigenvalue weighted by Gasteiger charge is 2.40. The number of rotatable bonds is 2. The van der Waals surface area contributed by atoms with Gasteiger partial charge >= 0.3 is 12.1 Å². The number of aliphatic carboxylic acids is 1. The van der Waals surface area contributed by atoms with Crippen LogP contribution in [-0.2, 0) is 4.79 Å². The summed E-state index contributed by atoms with van der Waals surface area (Å²) in [6, 6.07) is 0. The maximum atomic E-state index is 12.3. The zero-order valence-electron chi connectivity index (χ0n) is 8.13. The summed E-state index contributed by atoms with van der Waals surface area (Å²) >= 11 is 0. The highest BCUT2D eigenvalue weighted by atomic mass is 19.4. The molecule has 15 heavy (non-hydrogen) atoms. The number of hydrogen-bond acceptors (Lipinski definition) is 1. The predicted molar refractivity (Wildman–Crippen MR) is 48.3 cm³/mol. The smallest absolute Gasteiger partial charge is 0.391 e. The molecule has 0 spiro atoms. The highest BCUT2D eigenvalue weighted by Crippen LogP contribution is 2.39. The average molecular weight is 222 g/mol. The molecule has 0 aromatic carbocycles. The van der Waals surface area contributed by atoms with Crippen molar-refractivity contribution < 1.29 is 23.1 Å². The van der Waals surface area contributed by atoms with Gasteiger partial charge in [0.1, 0.15) is 0 Å². The fraction of sp³-hybridized carbons (Fsp3) is 0.700. The molecule has 1 N–H and O–H groups in total. The lowest BCUT2D eigenvalue weighted by Gasteiger charge is -2.28. The quantitative estimate of drug-likeness (QED) is 0.729. The SMILES string of the molecule is O=C(O)/C=C/C1CCC(C(F)(F)F)CC1. The number of carbonyl (C=O) groups is 1. The molecular formula is C10H13F3O2. The van der Waals surface area contributed by atoms with Gasteiger partial charge in [0, 0.05) is 6.08 Å². The number of hydrogen-bond donors (Lipinski definition) is 1. The molecule has 0 aliphatic heterocycles. The first kappa shape index (κ1) is 12.1. The molecule has 86 valence electrons. The minimum Gasteiger partial charge on any atom is -0.478 e. The first-order valence-electron chi connectivity index (χ1n) is 4.87. The van der Waals surface area contributed by atoms with Crippen molar-refractivity contribution in [2.75, 3.05) is 0 Å². The van der Waals surface area contributed by atoms with Crippen molar-refractivity contribution in [2.24, 2.45) is 11.8 Å². The van der Waals surface area contributed by atoms with Crippen LogP contribution < -0.4 is 0 Å². The molecule has 0 saturated heterocycles. The Morgan fingerprint density at radius 1 is 1.20 bits per heavy atom. The summed E-state index contributed by atoms with van der Waals surface area (Å²) in [7, 11) is 0. The monoisotopic (exact) mass is 222 g/mol. The Morgan fingerprint density at radius 2 is 1.73 bits per heavy atom. The largest absolute Gasteiger partial charge is 0.478 e. The van der Waals surface area contributed by atoms with Gasteiger partial charge in [-0.05, 0) is 31.6 Å². The van der Waals surface area contributed by atoms with Gasteiger partial charge in [-0.1, -0.05) is 6.08 Å². The van der Waals surface area contributed by atoms with E-state index in [2.05, 4.69) is 0 Å². The van der Waals surface area contributed by atoms with Crippen LogP contribution >= 0.6 is 0 Å². The molecule has 0 bridgehead atoms. The predicted octanol–water partition coefficient (Wildman–Crippen LogP) is 3.00.